The van der Waals surface area contributed by atoms with Crippen molar-refractivity contribution >= 4 is 5.91 Å². The summed E-state index contributed by atoms with van der Waals surface area (Å²) in [5.74, 6) is -0.0292. The van der Waals surface area contributed by atoms with Crippen molar-refractivity contribution in [1.29, 1.82) is 0 Å². The van der Waals surface area contributed by atoms with Crippen LogP contribution in [0.1, 0.15) is 32.6 Å². The Kier molecular flexibility index (Phi) is 4.25. The number of amides is 1. The topological polar surface area (TPSA) is 73.6 Å². The maximum Gasteiger partial charge on any atom is 0.240 e. The van der Waals surface area contributed by atoms with Crippen LogP contribution in [0.15, 0.2) is 0 Å². The number of nitrogens with one attached hydrogen (secondary N) is 1. The molecule has 0 aromatic heterocycles. The molecule has 0 saturated carbocycles. The molecule has 3 N–H and O–H groups in total. The molecule has 0 aromatic rings. The van der Waals surface area contributed by atoms with E-state index in [0.717, 1.165) is 26.1 Å². The second-order valence-electron chi connectivity index (χ2n) is 5.87. The Morgan fingerprint density at radius 1 is 1.11 bits per heavy atom. The second-order valence-corrected chi connectivity index (χ2v) is 5.87. The van der Waals surface area contributed by atoms with Crippen molar-refractivity contribution in [2.24, 2.45) is 11.1 Å². The number of rotatable bonds is 3. The van der Waals surface area contributed by atoms with Gasteiger partial charge in [-0.3, -0.25) is 4.79 Å². The number of carbonyl (C=O) groups excluding carboxylic acids is 1. The molecule has 18 heavy (non-hydrogen) atoms. The third-order valence-electron chi connectivity index (χ3n) is 4.21. The molecule has 104 valence electrons. The van der Waals surface area contributed by atoms with E-state index in [1.807, 2.05) is 0 Å². The zero-order valence-corrected chi connectivity index (χ0v) is 11.2. The lowest BCUT2D eigenvalue weighted by atomic mass is 9.82. The van der Waals surface area contributed by atoms with Crippen LogP contribution in [-0.2, 0) is 14.3 Å². The monoisotopic (exact) mass is 256 g/mol. The Bertz CT molecular complexity index is 295. The highest BCUT2D eigenvalue weighted by Gasteiger charge is 2.37. The highest BCUT2D eigenvalue weighted by atomic mass is 16.5. The van der Waals surface area contributed by atoms with Gasteiger partial charge in [-0.25, -0.2) is 0 Å². The van der Waals surface area contributed by atoms with Crippen LogP contribution in [0, 0.1) is 5.41 Å². The van der Waals surface area contributed by atoms with Crippen LogP contribution in [0.5, 0.6) is 0 Å². The van der Waals surface area contributed by atoms with Crippen LogP contribution < -0.4 is 11.1 Å². The quantitative estimate of drug-likeness (QED) is 0.768. The predicted octanol–water partition coefficient (Wildman–Crippen LogP) is 0.427. The van der Waals surface area contributed by atoms with Gasteiger partial charge in [0.1, 0.15) is 0 Å². The summed E-state index contributed by atoms with van der Waals surface area (Å²) >= 11 is 0. The predicted molar refractivity (Wildman–Crippen MR) is 68.1 cm³/mol. The molecule has 2 aliphatic heterocycles. The summed E-state index contributed by atoms with van der Waals surface area (Å²) in [5, 5.41) is 3.03. The molecule has 0 aromatic carbocycles. The fourth-order valence-electron chi connectivity index (χ4n) is 2.47. The Morgan fingerprint density at radius 3 is 2.17 bits per heavy atom. The number of carbonyl (C=O) groups is 1. The number of nitrogens with two attached hydrogens (primary N) is 1. The first-order valence-corrected chi connectivity index (χ1v) is 6.77. The van der Waals surface area contributed by atoms with E-state index in [2.05, 4.69) is 12.2 Å². The zero-order valence-electron chi connectivity index (χ0n) is 11.2. The minimum atomic E-state index is -0.736. The maximum absolute atomic E-state index is 12.2. The Balaban J connectivity index is 1.83. The van der Waals surface area contributed by atoms with Crippen LogP contribution in [0.4, 0.5) is 0 Å². The second kappa shape index (κ2) is 5.55. The maximum atomic E-state index is 12.2. The lowest BCUT2D eigenvalue weighted by Gasteiger charge is -2.36. The SMILES string of the molecule is CC1(CNC(=O)C2(N)CCOCC2)CCOCC1. The van der Waals surface area contributed by atoms with Gasteiger partial charge in [-0.2, -0.15) is 0 Å². The van der Waals surface area contributed by atoms with Crippen LogP contribution in [-0.4, -0.2) is 44.4 Å². The molecule has 0 radical (unpaired) electrons. The van der Waals surface area contributed by atoms with Gasteiger partial charge in [0.25, 0.3) is 0 Å². The Hall–Kier alpha value is -0.650. The third kappa shape index (κ3) is 3.22. The van der Waals surface area contributed by atoms with Crippen molar-refractivity contribution in [3.05, 3.63) is 0 Å². The normalized spacial score (nSPS) is 26.6. The zero-order chi connectivity index (χ0) is 13.1. The summed E-state index contributed by atoms with van der Waals surface area (Å²) < 4.78 is 10.6. The van der Waals surface area contributed by atoms with Gasteiger partial charge in [-0.05, 0) is 31.1 Å². The van der Waals surface area contributed by atoms with E-state index in [1.165, 1.54) is 0 Å². The molecule has 0 aliphatic carbocycles. The summed E-state index contributed by atoms with van der Waals surface area (Å²) in [6.07, 6.45) is 3.21. The average Bonchev–Trinajstić information content (AvgIpc) is 2.38. The first-order chi connectivity index (χ1) is 8.54. The molecular formula is C13H24N2O3. The minimum Gasteiger partial charge on any atom is -0.381 e. The summed E-state index contributed by atoms with van der Waals surface area (Å²) in [4.78, 5) is 12.2. The van der Waals surface area contributed by atoms with Gasteiger partial charge in [0.15, 0.2) is 0 Å². The van der Waals surface area contributed by atoms with Gasteiger partial charge in [0.2, 0.25) is 5.91 Å². The summed E-state index contributed by atoms with van der Waals surface area (Å²) in [5.41, 5.74) is 5.56. The molecule has 2 fully saturated rings. The molecular weight excluding hydrogens is 232 g/mol. The van der Waals surface area contributed by atoms with Gasteiger partial charge in [0.05, 0.1) is 5.54 Å². The van der Waals surface area contributed by atoms with E-state index in [0.29, 0.717) is 32.6 Å². The van der Waals surface area contributed by atoms with Gasteiger partial charge in [0, 0.05) is 33.0 Å². The lowest BCUT2D eigenvalue weighted by Crippen LogP contribution is -2.58. The van der Waals surface area contributed by atoms with E-state index in [-0.39, 0.29) is 11.3 Å². The molecule has 2 aliphatic rings. The number of hydrogen-bond donors (Lipinski definition) is 2. The van der Waals surface area contributed by atoms with Crippen molar-refractivity contribution < 1.29 is 14.3 Å². The van der Waals surface area contributed by atoms with Gasteiger partial charge in [-0.1, -0.05) is 6.92 Å². The molecule has 0 bridgehead atoms. The van der Waals surface area contributed by atoms with E-state index in [1.54, 1.807) is 0 Å². The molecule has 0 unspecified atom stereocenters. The van der Waals surface area contributed by atoms with Crippen molar-refractivity contribution in [3.8, 4) is 0 Å². The van der Waals surface area contributed by atoms with Crippen molar-refractivity contribution in [2.45, 2.75) is 38.1 Å². The van der Waals surface area contributed by atoms with E-state index in [9.17, 15) is 4.79 Å². The van der Waals surface area contributed by atoms with Crippen molar-refractivity contribution in [3.63, 3.8) is 0 Å². The van der Waals surface area contributed by atoms with Crippen LogP contribution in [0.3, 0.4) is 0 Å². The van der Waals surface area contributed by atoms with E-state index in [4.69, 9.17) is 15.2 Å². The smallest absolute Gasteiger partial charge is 0.240 e. The molecule has 0 spiro atoms. The van der Waals surface area contributed by atoms with Crippen molar-refractivity contribution in [2.75, 3.05) is 33.0 Å². The van der Waals surface area contributed by atoms with Crippen molar-refractivity contribution in [1.82, 2.24) is 5.32 Å². The van der Waals surface area contributed by atoms with Gasteiger partial charge in [-0.15, -0.1) is 0 Å². The number of hydrogen-bond acceptors (Lipinski definition) is 4. The summed E-state index contributed by atoms with van der Waals surface area (Å²) in [6, 6.07) is 0. The van der Waals surface area contributed by atoms with Gasteiger partial charge >= 0.3 is 0 Å². The highest BCUT2D eigenvalue weighted by molar-refractivity contribution is 5.86. The summed E-state index contributed by atoms with van der Waals surface area (Å²) in [6.45, 7) is 5.62. The molecule has 5 nitrogen and oxygen atoms in total. The minimum absolute atomic E-state index is 0.0292. The number of ether oxygens (including phenoxy) is 2. The summed E-state index contributed by atoms with van der Waals surface area (Å²) in [7, 11) is 0. The standard InChI is InChI=1S/C13H24N2O3/c1-12(2-6-17-7-3-12)10-15-11(16)13(14)4-8-18-9-5-13/h2-10,14H2,1H3,(H,15,16). The third-order valence-corrected chi connectivity index (χ3v) is 4.21. The molecule has 2 saturated heterocycles. The molecule has 5 heteroatoms. The molecule has 0 atom stereocenters. The fraction of sp³-hybridized carbons (Fsp3) is 0.923. The van der Waals surface area contributed by atoms with Crippen LogP contribution >= 0.6 is 0 Å². The Morgan fingerprint density at radius 2 is 1.61 bits per heavy atom. The van der Waals surface area contributed by atoms with Crippen LogP contribution in [0.25, 0.3) is 0 Å². The molecule has 1 amide bonds. The van der Waals surface area contributed by atoms with E-state index < -0.39 is 5.54 Å². The highest BCUT2D eigenvalue weighted by Crippen LogP contribution is 2.29. The van der Waals surface area contributed by atoms with Gasteiger partial charge < -0.3 is 20.5 Å². The first-order valence-electron chi connectivity index (χ1n) is 6.77. The average molecular weight is 256 g/mol. The van der Waals surface area contributed by atoms with Crippen LogP contribution in [0.2, 0.25) is 0 Å². The Labute approximate surface area is 108 Å². The molecule has 2 heterocycles. The first kappa shape index (κ1) is 13.8. The van der Waals surface area contributed by atoms with E-state index >= 15 is 0 Å². The fourth-order valence-corrected chi connectivity index (χ4v) is 2.47. The largest absolute Gasteiger partial charge is 0.381 e. The lowest BCUT2D eigenvalue weighted by molar-refractivity contribution is -0.130. The molecule has 2 rings (SSSR count).